The van der Waals surface area contributed by atoms with Gasteiger partial charge in [-0.2, -0.15) is 0 Å². The monoisotopic (exact) mass is 436 g/mol. The lowest BCUT2D eigenvalue weighted by Gasteiger charge is -2.63. The summed E-state index contributed by atoms with van der Waals surface area (Å²) in [6.07, 6.45) is 6.08. The van der Waals surface area contributed by atoms with Crippen molar-refractivity contribution in [3.8, 4) is 0 Å². The Hall–Kier alpha value is -1.18. The van der Waals surface area contributed by atoms with Gasteiger partial charge in [0.05, 0.1) is 29.6 Å². The summed E-state index contributed by atoms with van der Waals surface area (Å²) in [4.78, 5) is 24.2. The van der Waals surface area contributed by atoms with Gasteiger partial charge in [-0.1, -0.05) is 6.92 Å². The maximum absolute atomic E-state index is 12.6. The van der Waals surface area contributed by atoms with Crippen LogP contribution in [-0.2, 0) is 28.5 Å². The van der Waals surface area contributed by atoms with E-state index in [1.54, 1.807) is 7.11 Å². The summed E-state index contributed by atoms with van der Waals surface area (Å²) in [5.41, 5.74) is -2.01. The fourth-order valence-corrected chi connectivity index (χ4v) is 9.06. The molecule has 174 valence electrons. The summed E-state index contributed by atoms with van der Waals surface area (Å²) >= 11 is 0. The molecule has 4 aliphatic carbocycles. The van der Waals surface area contributed by atoms with Crippen LogP contribution in [0.5, 0.6) is 0 Å². The van der Waals surface area contributed by atoms with Crippen LogP contribution in [0.4, 0.5) is 0 Å². The van der Waals surface area contributed by atoms with E-state index < -0.39 is 17.3 Å². The number of hydrogen-bond donors (Lipinski definition) is 1. The van der Waals surface area contributed by atoms with Crippen molar-refractivity contribution in [1.29, 1.82) is 0 Å². The van der Waals surface area contributed by atoms with E-state index in [2.05, 4.69) is 6.92 Å². The molecule has 0 unspecified atom stereocenters. The van der Waals surface area contributed by atoms with Crippen molar-refractivity contribution >= 4 is 11.9 Å². The fraction of sp³-hybridized carbons (Fsp3) is 0.917. The molecular weight excluding hydrogens is 400 g/mol. The molecule has 1 N–H and O–H groups in total. The average molecular weight is 437 g/mol. The van der Waals surface area contributed by atoms with E-state index in [9.17, 15) is 14.7 Å². The molecule has 0 radical (unpaired) electrons. The highest BCUT2D eigenvalue weighted by atomic mass is 16.7. The third-order valence-corrected chi connectivity index (χ3v) is 10.1. The summed E-state index contributed by atoms with van der Waals surface area (Å²) in [5, 5.41) is 12.0. The molecule has 5 fully saturated rings. The summed E-state index contributed by atoms with van der Waals surface area (Å²) in [6.45, 7) is 3.67. The molecule has 0 aromatic heterocycles. The van der Waals surface area contributed by atoms with Crippen molar-refractivity contribution < 1.29 is 33.6 Å². The van der Waals surface area contributed by atoms with Gasteiger partial charge in [0.2, 0.25) is 0 Å². The molecule has 1 saturated heterocycles. The summed E-state index contributed by atoms with van der Waals surface area (Å²) in [7, 11) is 3.15. The fourth-order valence-electron chi connectivity index (χ4n) is 9.06. The lowest BCUT2D eigenvalue weighted by molar-refractivity contribution is -0.241. The molecular formula is C24H36O7. The van der Waals surface area contributed by atoms with Crippen LogP contribution in [0.2, 0.25) is 0 Å². The van der Waals surface area contributed by atoms with E-state index in [0.29, 0.717) is 19.3 Å². The number of esters is 2. The van der Waals surface area contributed by atoms with Crippen molar-refractivity contribution in [1.82, 2.24) is 0 Å². The predicted octanol–water partition coefficient (Wildman–Crippen LogP) is 2.97. The van der Waals surface area contributed by atoms with Crippen LogP contribution in [0.3, 0.4) is 0 Å². The Morgan fingerprint density at radius 3 is 2.45 bits per heavy atom. The zero-order valence-electron chi connectivity index (χ0n) is 19.1. The topological polar surface area (TPSA) is 91.3 Å². The highest BCUT2D eigenvalue weighted by Gasteiger charge is 2.79. The van der Waals surface area contributed by atoms with E-state index in [0.717, 1.165) is 38.5 Å². The SMILES string of the molecule is COC(=O)[C@H]1CC[C@@H]2[C@]1(C)CC[C@H]1[C@@]23CC[C@]2(O)C[C@@H](OC(C)=O)CC[C@]12[C@@H](OC)O3. The number of rotatable bonds is 3. The molecule has 7 nitrogen and oxygen atoms in total. The molecule has 7 heteroatoms. The van der Waals surface area contributed by atoms with E-state index in [1.807, 2.05) is 0 Å². The van der Waals surface area contributed by atoms with Crippen molar-refractivity contribution in [3.05, 3.63) is 0 Å². The second-order valence-corrected chi connectivity index (χ2v) is 11.0. The molecule has 1 heterocycles. The minimum atomic E-state index is -0.981. The summed E-state index contributed by atoms with van der Waals surface area (Å²) in [5.74, 6) is -0.0782. The second kappa shape index (κ2) is 6.91. The first kappa shape index (κ1) is 21.7. The van der Waals surface area contributed by atoms with Gasteiger partial charge in [-0.15, -0.1) is 0 Å². The number of fused-ring (bicyclic) bond motifs is 1. The van der Waals surface area contributed by atoms with Crippen molar-refractivity contribution in [2.45, 2.75) is 95.2 Å². The lowest BCUT2D eigenvalue weighted by atomic mass is 9.42. The largest absolute Gasteiger partial charge is 0.469 e. The Kier molecular flexibility index (Phi) is 4.83. The lowest BCUT2D eigenvalue weighted by Crippen LogP contribution is -2.67. The number of hydrogen-bond acceptors (Lipinski definition) is 7. The van der Waals surface area contributed by atoms with Crippen LogP contribution in [0.1, 0.15) is 71.6 Å². The van der Waals surface area contributed by atoms with Gasteiger partial charge in [0, 0.05) is 26.4 Å². The molecule has 0 aromatic carbocycles. The number of aliphatic hydroxyl groups is 1. The molecule has 1 aliphatic heterocycles. The standard InChI is InChI=1S/C24H36O7/c1-14(25)30-15-7-10-23-18-8-9-21(2)16(19(26)28-3)5-6-17(21)24(18,31-20(23)29-4)12-11-22(23,27)13-15/h15-18,20,27H,5-13H2,1-4H3/t15-,16+,17+,18+,20-,21+,22-,23+,24+/m0/s1. The smallest absolute Gasteiger partial charge is 0.309 e. The predicted molar refractivity (Wildman–Crippen MR) is 110 cm³/mol. The number of methoxy groups -OCH3 is 2. The molecule has 5 aliphatic rings. The molecule has 0 amide bonds. The van der Waals surface area contributed by atoms with Crippen LogP contribution < -0.4 is 0 Å². The molecule has 31 heavy (non-hydrogen) atoms. The Balaban J connectivity index is 1.53. The number of carbonyl (C=O) groups excluding carboxylic acids is 2. The van der Waals surface area contributed by atoms with Crippen LogP contribution >= 0.6 is 0 Å². The van der Waals surface area contributed by atoms with Crippen LogP contribution in [0.15, 0.2) is 0 Å². The van der Waals surface area contributed by atoms with Gasteiger partial charge in [0.1, 0.15) is 6.10 Å². The van der Waals surface area contributed by atoms with E-state index in [1.165, 1.54) is 14.0 Å². The van der Waals surface area contributed by atoms with Crippen LogP contribution in [-0.4, -0.2) is 54.9 Å². The van der Waals surface area contributed by atoms with Crippen LogP contribution in [0, 0.1) is 28.6 Å². The van der Waals surface area contributed by atoms with Gasteiger partial charge in [-0.05, 0) is 62.7 Å². The maximum Gasteiger partial charge on any atom is 0.309 e. The highest BCUT2D eigenvalue weighted by Crippen LogP contribution is 2.75. The third kappa shape index (κ3) is 2.57. The molecule has 4 saturated carbocycles. The normalized spacial score (nSPS) is 52.6. The minimum Gasteiger partial charge on any atom is -0.469 e. The summed E-state index contributed by atoms with van der Waals surface area (Å²) < 4.78 is 23.5. The molecule has 0 aromatic rings. The molecule has 2 bridgehead atoms. The van der Waals surface area contributed by atoms with E-state index >= 15 is 0 Å². The van der Waals surface area contributed by atoms with Crippen molar-refractivity contribution in [2.24, 2.45) is 28.6 Å². The molecule has 9 atom stereocenters. The van der Waals surface area contributed by atoms with Gasteiger partial charge < -0.3 is 24.1 Å². The van der Waals surface area contributed by atoms with Gasteiger partial charge in [0.25, 0.3) is 0 Å². The number of ether oxygens (including phenoxy) is 4. The second-order valence-electron chi connectivity index (χ2n) is 11.0. The average Bonchev–Trinajstić information content (AvgIpc) is 3.19. The van der Waals surface area contributed by atoms with Gasteiger partial charge in [-0.25, -0.2) is 0 Å². The Labute approximate surface area is 184 Å². The zero-order valence-corrected chi connectivity index (χ0v) is 19.1. The van der Waals surface area contributed by atoms with Crippen molar-refractivity contribution in [2.75, 3.05) is 14.2 Å². The van der Waals surface area contributed by atoms with Crippen molar-refractivity contribution in [3.63, 3.8) is 0 Å². The van der Waals surface area contributed by atoms with E-state index in [4.69, 9.17) is 18.9 Å². The van der Waals surface area contributed by atoms with Gasteiger partial charge >= 0.3 is 11.9 Å². The Morgan fingerprint density at radius 1 is 1.00 bits per heavy atom. The molecule has 1 spiro atoms. The zero-order chi connectivity index (χ0) is 22.2. The first-order chi connectivity index (χ1) is 14.7. The van der Waals surface area contributed by atoms with Gasteiger partial charge in [0.15, 0.2) is 6.29 Å². The number of carbonyl (C=O) groups is 2. The molecule has 5 rings (SSSR count). The highest BCUT2D eigenvalue weighted by molar-refractivity contribution is 5.74. The first-order valence-corrected chi connectivity index (χ1v) is 11.8. The summed E-state index contributed by atoms with van der Waals surface area (Å²) in [6, 6.07) is 0. The Morgan fingerprint density at radius 2 is 1.77 bits per heavy atom. The quantitative estimate of drug-likeness (QED) is 0.680. The van der Waals surface area contributed by atoms with E-state index in [-0.39, 0.29) is 46.8 Å². The van der Waals surface area contributed by atoms with Gasteiger partial charge in [-0.3, -0.25) is 9.59 Å². The first-order valence-electron chi connectivity index (χ1n) is 11.8. The van der Waals surface area contributed by atoms with Crippen LogP contribution in [0.25, 0.3) is 0 Å². The Bertz CT molecular complexity index is 784. The third-order valence-electron chi connectivity index (χ3n) is 10.1. The minimum absolute atomic E-state index is 0.0977. The maximum atomic E-state index is 12.6.